The normalized spacial score (nSPS) is 37.2. The van der Waals surface area contributed by atoms with Crippen molar-refractivity contribution >= 4 is 12.1 Å². The van der Waals surface area contributed by atoms with Crippen LogP contribution in [0.5, 0.6) is 11.5 Å². The molecule has 2 aliphatic heterocycles. The first-order valence-corrected chi connectivity index (χ1v) is 16.7. The van der Waals surface area contributed by atoms with Crippen LogP contribution in [0.2, 0.25) is 0 Å². The van der Waals surface area contributed by atoms with Crippen molar-refractivity contribution < 1.29 is 34.0 Å². The summed E-state index contributed by atoms with van der Waals surface area (Å²) < 4.78 is 19.7. The molecule has 0 aromatic heterocycles. The van der Waals surface area contributed by atoms with E-state index in [1.807, 2.05) is 13.0 Å². The van der Waals surface area contributed by atoms with Crippen LogP contribution < -0.4 is 14.8 Å². The van der Waals surface area contributed by atoms with Crippen molar-refractivity contribution in [3.63, 3.8) is 0 Å². The maximum Gasteiger partial charge on any atom is 0.413 e. The van der Waals surface area contributed by atoms with Gasteiger partial charge < -0.3 is 29.7 Å². The van der Waals surface area contributed by atoms with E-state index in [0.717, 1.165) is 56.7 Å². The van der Waals surface area contributed by atoms with Gasteiger partial charge in [-0.05, 0) is 87.3 Å². The number of benzene rings is 1. The molecule has 1 aromatic carbocycles. The van der Waals surface area contributed by atoms with Crippen LogP contribution in [0.25, 0.3) is 0 Å². The lowest BCUT2D eigenvalue weighted by Gasteiger charge is -2.75. The van der Waals surface area contributed by atoms with Gasteiger partial charge in [0.25, 0.3) is 0 Å². The van der Waals surface area contributed by atoms with Crippen molar-refractivity contribution in [2.45, 2.75) is 121 Å². The third-order valence-electron chi connectivity index (χ3n) is 13.3. The fourth-order valence-corrected chi connectivity index (χ4v) is 10.4. The summed E-state index contributed by atoms with van der Waals surface area (Å²) in [6.07, 6.45) is 5.97. The van der Waals surface area contributed by atoms with Gasteiger partial charge in [0.1, 0.15) is 17.7 Å². The quantitative estimate of drug-likeness (QED) is 0.380. The van der Waals surface area contributed by atoms with E-state index in [2.05, 4.69) is 37.1 Å². The molecule has 5 fully saturated rings. The molecule has 8 rings (SSSR count). The summed E-state index contributed by atoms with van der Waals surface area (Å²) in [5.41, 5.74) is -0.164. The van der Waals surface area contributed by atoms with Crippen LogP contribution in [-0.4, -0.2) is 76.8 Å². The molecule has 44 heavy (non-hydrogen) atoms. The highest BCUT2D eigenvalue weighted by atomic mass is 16.6. The summed E-state index contributed by atoms with van der Waals surface area (Å²) in [5.74, 6) is 0.130. The van der Waals surface area contributed by atoms with Crippen LogP contribution in [0.4, 0.5) is 4.79 Å². The van der Waals surface area contributed by atoms with E-state index in [0.29, 0.717) is 17.5 Å². The maximum absolute atomic E-state index is 13.1. The van der Waals surface area contributed by atoms with E-state index in [1.165, 1.54) is 18.4 Å². The number of methoxy groups -OCH3 is 1. The molecule has 8 atom stereocenters. The Morgan fingerprint density at radius 3 is 2.50 bits per heavy atom. The number of carboxylic acids is 1. The van der Waals surface area contributed by atoms with Gasteiger partial charge in [0.2, 0.25) is 0 Å². The minimum Gasteiger partial charge on any atom is -0.482 e. The summed E-state index contributed by atoms with van der Waals surface area (Å²) in [5, 5.41) is 24.6. The van der Waals surface area contributed by atoms with Crippen molar-refractivity contribution in [3.05, 3.63) is 23.3 Å². The smallest absolute Gasteiger partial charge is 0.413 e. The largest absolute Gasteiger partial charge is 0.482 e. The number of nitrogens with zero attached hydrogens (tertiary/aromatic N) is 1. The fourth-order valence-electron chi connectivity index (χ4n) is 10.4. The lowest BCUT2D eigenvalue weighted by atomic mass is 9.33. The summed E-state index contributed by atoms with van der Waals surface area (Å²) in [6.45, 7) is 13.9. The predicted molar refractivity (Wildman–Crippen MR) is 164 cm³/mol. The van der Waals surface area contributed by atoms with Crippen molar-refractivity contribution in [2.24, 2.45) is 28.6 Å². The Balaban J connectivity index is 1.36. The Kier molecular flexibility index (Phi) is 6.60. The van der Waals surface area contributed by atoms with Gasteiger partial charge in [-0.15, -0.1) is 0 Å². The van der Waals surface area contributed by atoms with Gasteiger partial charge in [0.15, 0.2) is 11.5 Å². The highest BCUT2D eigenvalue weighted by Crippen LogP contribution is 2.78. The van der Waals surface area contributed by atoms with E-state index in [-0.39, 0.29) is 34.2 Å². The number of piperidine rings is 1. The van der Waals surface area contributed by atoms with Crippen LogP contribution in [0.1, 0.15) is 91.2 Å². The van der Waals surface area contributed by atoms with Crippen molar-refractivity contribution in [3.8, 4) is 11.5 Å². The molecule has 9 heteroatoms. The molecule has 9 nitrogen and oxygen atoms in total. The number of carboxylic acid groups (broad SMARTS) is 1. The Hall–Kier alpha value is -2.36. The molecule has 5 aliphatic carbocycles. The number of aliphatic carboxylic acids is 1. The zero-order valence-electron chi connectivity index (χ0n) is 27.4. The van der Waals surface area contributed by atoms with Crippen LogP contribution in [0.3, 0.4) is 0 Å². The topological polar surface area (TPSA) is 118 Å². The number of rotatable bonds is 8. The third kappa shape index (κ3) is 3.81. The minimum absolute atomic E-state index is 0.115. The Morgan fingerprint density at radius 1 is 1.16 bits per heavy atom. The Morgan fingerprint density at radius 2 is 1.89 bits per heavy atom. The van der Waals surface area contributed by atoms with Gasteiger partial charge in [0.05, 0.1) is 5.60 Å². The van der Waals surface area contributed by atoms with E-state index in [4.69, 9.17) is 14.2 Å². The molecule has 1 aromatic rings. The molecule has 3 N–H and O–H groups in total. The minimum atomic E-state index is -1.10. The SMILES string of the molecule is CO[C@@]12CC[C@@]3(C[C@@H]1[C@@](C)(O)C(C)(C)C)[C@H]1Cc4ccc(OC(=O)N[C@@H](C(=O)O)C(C)C)c5c4[C@@]3(CCN1CC1CC1)[C@H]2O5. The fraction of sp³-hybridized carbons (Fsp3) is 0.771. The summed E-state index contributed by atoms with van der Waals surface area (Å²) in [6, 6.07) is 3.18. The monoisotopic (exact) mass is 610 g/mol. The molecule has 1 saturated heterocycles. The second-order valence-electron chi connectivity index (χ2n) is 16.4. The van der Waals surface area contributed by atoms with Crippen molar-refractivity contribution in [1.29, 1.82) is 0 Å². The number of hydrogen-bond acceptors (Lipinski definition) is 7. The molecular formula is C35H50N2O7. The van der Waals surface area contributed by atoms with Crippen LogP contribution in [0, 0.1) is 28.6 Å². The number of carbonyl (C=O) groups is 2. The predicted octanol–water partition coefficient (Wildman–Crippen LogP) is 4.91. The average Bonchev–Trinajstić information content (AvgIpc) is 3.69. The number of aliphatic hydroxyl groups is 1. The number of fused-ring (bicyclic) bond motifs is 2. The zero-order valence-corrected chi connectivity index (χ0v) is 27.4. The molecule has 0 unspecified atom stereocenters. The number of carbonyl (C=O) groups excluding carboxylic acids is 1. The van der Waals surface area contributed by atoms with Gasteiger partial charge in [-0.25, -0.2) is 9.59 Å². The first kappa shape index (κ1) is 30.3. The first-order valence-electron chi connectivity index (χ1n) is 16.7. The highest BCUT2D eigenvalue weighted by Gasteiger charge is 2.82. The second kappa shape index (κ2) is 9.58. The van der Waals surface area contributed by atoms with Crippen LogP contribution >= 0.6 is 0 Å². The summed E-state index contributed by atoms with van der Waals surface area (Å²) in [4.78, 5) is 27.7. The van der Waals surface area contributed by atoms with E-state index >= 15 is 0 Å². The Bertz CT molecular complexity index is 1380. The molecule has 7 aliphatic rings. The summed E-state index contributed by atoms with van der Waals surface area (Å²) >= 11 is 0. The number of ether oxygens (including phenoxy) is 3. The van der Waals surface area contributed by atoms with Gasteiger partial charge in [-0.3, -0.25) is 4.90 Å². The first-order chi connectivity index (χ1) is 20.6. The van der Waals surface area contributed by atoms with E-state index in [9.17, 15) is 19.8 Å². The Labute approximate surface area is 261 Å². The maximum atomic E-state index is 13.1. The third-order valence-corrected chi connectivity index (χ3v) is 13.3. The second-order valence-corrected chi connectivity index (χ2v) is 16.4. The van der Waals surface area contributed by atoms with Crippen LogP contribution in [0.15, 0.2) is 12.1 Å². The summed E-state index contributed by atoms with van der Waals surface area (Å²) in [7, 11) is 1.78. The molecule has 2 heterocycles. The number of likely N-dealkylation sites (tertiary alicyclic amines) is 1. The molecule has 0 radical (unpaired) electrons. The molecule has 1 amide bonds. The number of nitrogens with one attached hydrogen (secondary N) is 1. The van der Waals surface area contributed by atoms with E-state index in [1.54, 1.807) is 21.0 Å². The standard InChI is InChI=1S/C35H50N2O7/c1-19(2)26(28(38)39)36-30(40)43-22-11-10-21-16-24-33-12-13-35(42-7,23(17-33)32(6,41)31(3,4)5)29-34(33,25(21)27(22)44-29)14-15-37(24)18-20-8-9-20/h10-11,19-20,23-24,26,29,41H,8-9,12-18H2,1-7H3,(H,36,40)(H,38,39)/t23-,24-,26-,29-,32-,33-,34+,35+/m1/s1. The lowest BCUT2D eigenvalue weighted by Crippen LogP contribution is -2.83. The number of hydrogen-bond donors (Lipinski definition) is 3. The van der Waals surface area contributed by atoms with Gasteiger partial charge >= 0.3 is 12.1 Å². The molecule has 4 bridgehead atoms. The van der Waals surface area contributed by atoms with Gasteiger partial charge in [0, 0.05) is 42.0 Å². The highest BCUT2D eigenvalue weighted by molar-refractivity contribution is 5.81. The van der Waals surface area contributed by atoms with Crippen molar-refractivity contribution in [1.82, 2.24) is 10.2 Å². The zero-order chi connectivity index (χ0) is 31.6. The van der Waals surface area contributed by atoms with Crippen molar-refractivity contribution in [2.75, 3.05) is 20.2 Å². The molecule has 242 valence electrons. The lowest BCUT2D eigenvalue weighted by molar-refractivity contribution is -0.312. The molecule has 4 saturated carbocycles. The van der Waals surface area contributed by atoms with Gasteiger partial charge in [-0.1, -0.05) is 40.7 Å². The average molecular weight is 611 g/mol. The number of amides is 1. The van der Waals surface area contributed by atoms with Gasteiger partial charge in [-0.2, -0.15) is 0 Å². The van der Waals surface area contributed by atoms with Crippen LogP contribution in [-0.2, 0) is 21.4 Å². The van der Waals surface area contributed by atoms with E-state index < -0.39 is 29.3 Å². The molecular weight excluding hydrogens is 560 g/mol. The molecule has 2 spiro atoms.